The van der Waals surface area contributed by atoms with Gasteiger partial charge in [-0.25, -0.2) is 4.68 Å². The number of nitrogens with zero attached hydrogens (tertiary/aromatic N) is 3. The van der Waals surface area contributed by atoms with Crippen molar-refractivity contribution in [2.75, 3.05) is 0 Å². The second-order valence-corrected chi connectivity index (χ2v) is 11.7. The Morgan fingerprint density at radius 1 is 1.03 bits per heavy atom. The van der Waals surface area contributed by atoms with Crippen molar-refractivity contribution in [1.29, 1.82) is 0 Å². The molecule has 8 unspecified atom stereocenters. The van der Waals surface area contributed by atoms with E-state index < -0.39 is 0 Å². The van der Waals surface area contributed by atoms with E-state index in [2.05, 4.69) is 24.2 Å². The molecule has 0 radical (unpaired) electrons. The van der Waals surface area contributed by atoms with E-state index in [1.807, 2.05) is 28.9 Å². The molecular formula is C27H37N3O. The predicted molar refractivity (Wildman–Crippen MR) is 122 cm³/mol. The minimum atomic E-state index is 0.198. The summed E-state index contributed by atoms with van der Waals surface area (Å²) in [4.78, 5) is 13.6. The number of hydrogen-bond acceptors (Lipinski definition) is 3. The van der Waals surface area contributed by atoms with Gasteiger partial charge in [0.2, 0.25) is 0 Å². The van der Waals surface area contributed by atoms with Gasteiger partial charge in [0.05, 0.1) is 5.52 Å². The molecule has 4 saturated carbocycles. The number of hydrogen-bond donors (Lipinski definition) is 0. The Balaban J connectivity index is 1.20. The van der Waals surface area contributed by atoms with E-state index in [1.165, 1.54) is 51.4 Å². The number of rotatable bonds is 3. The van der Waals surface area contributed by atoms with Gasteiger partial charge in [-0.2, -0.15) is 0 Å². The zero-order chi connectivity index (χ0) is 21.2. The second kappa shape index (κ2) is 7.42. The number of Topliss-reactive ketones (excluding diaryl/α,β-unsaturated/α-hetero) is 1. The van der Waals surface area contributed by atoms with E-state index in [0.29, 0.717) is 12.3 Å². The first-order valence-corrected chi connectivity index (χ1v) is 12.9. The average molecular weight is 420 g/mol. The first-order valence-electron chi connectivity index (χ1n) is 12.9. The van der Waals surface area contributed by atoms with Crippen LogP contribution in [0.2, 0.25) is 0 Å². The summed E-state index contributed by atoms with van der Waals surface area (Å²) in [6, 6.07) is 7.98. The van der Waals surface area contributed by atoms with Crippen LogP contribution in [0.25, 0.3) is 11.0 Å². The van der Waals surface area contributed by atoms with Crippen LogP contribution >= 0.6 is 0 Å². The summed E-state index contributed by atoms with van der Waals surface area (Å²) in [6.45, 7) is 5.31. The fraction of sp³-hybridized carbons (Fsp3) is 0.741. The number of ketones is 1. The van der Waals surface area contributed by atoms with Crippen LogP contribution in [-0.2, 0) is 11.3 Å². The average Bonchev–Trinajstić information content (AvgIpc) is 3.34. The van der Waals surface area contributed by atoms with E-state index in [4.69, 9.17) is 0 Å². The Bertz CT molecular complexity index is 982. The number of fused-ring (bicyclic) bond motifs is 6. The third kappa shape index (κ3) is 3.11. The monoisotopic (exact) mass is 419 g/mol. The number of carbonyl (C=O) groups excluding carboxylic acids is 1. The summed E-state index contributed by atoms with van der Waals surface area (Å²) in [5.74, 6) is 6.08. The quantitative estimate of drug-likeness (QED) is 0.622. The van der Waals surface area contributed by atoms with E-state index in [9.17, 15) is 4.79 Å². The molecule has 4 heteroatoms. The molecule has 0 saturated heterocycles. The van der Waals surface area contributed by atoms with Crippen LogP contribution < -0.4 is 0 Å². The third-order valence-corrected chi connectivity index (χ3v) is 10.3. The smallest absolute Gasteiger partial charge is 0.157 e. The van der Waals surface area contributed by atoms with Crippen LogP contribution in [0.1, 0.15) is 71.6 Å². The summed E-state index contributed by atoms with van der Waals surface area (Å²) in [7, 11) is 0. The maximum absolute atomic E-state index is 13.6. The van der Waals surface area contributed by atoms with Crippen molar-refractivity contribution in [3.63, 3.8) is 0 Å². The fourth-order valence-corrected chi connectivity index (χ4v) is 8.91. The predicted octanol–water partition coefficient (Wildman–Crippen LogP) is 5.91. The molecule has 0 amide bonds. The molecule has 4 aliphatic carbocycles. The van der Waals surface area contributed by atoms with Crippen molar-refractivity contribution in [2.24, 2.45) is 46.8 Å². The van der Waals surface area contributed by atoms with E-state index in [1.54, 1.807) is 0 Å². The van der Waals surface area contributed by atoms with Crippen molar-refractivity contribution < 1.29 is 4.79 Å². The highest BCUT2D eigenvalue weighted by molar-refractivity contribution is 5.84. The van der Waals surface area contributed by atoms with Crippen LogP contribution in [0.4, 0.5) is 0 Å². The summed E-state index contributed by atoms with van der Waals surface area (Å²) < 4.78 is 1.83. The molecule has 1 aromatic heterocycles. The fourth-order valence-electron chi connectivity index (χ4n) is 8.91. The van der Waals surface area contributed by atoms with Gasteiger partial charge in [0.25, 0.3) is 0 Å². The lowest BCUT2D eigenvalue weighted by Gasteiger charge is -2.56. The molecule has 1 aromatic carbocycles. The number of para-hydroxylation sites is 1. The Morgan fingerprint density at radius 3 is 2.77 bits per heavy atom. The van der Waals surface area contributed by atoms with Crippen molar-refractivity contribution in [1.82, 2.24) is 15.0 Å². The standard InChI is InChI=1S/C27H37N3O/c1-17-7-9-19-18(15-17)8-10-21-20(19)13-14-27(2)22(21)11-12-23(27)26(31)16-30-25-6-4-3-5-24(25)28-29-30/h3-6,17-23H,7-16H2,1-2H3. The van der Waals surface area contributed by atoms with Gasteiger partial charge in [0, 0.05) is 5.92 Å². The van der Waals surface area contributed by atoms with Crippen LogP contribution in [0.3, 0.4) is 0 Å². The van der Waals surface area contributed by atoms with Crippen LogP contribution in [-0.4, -0.2) is 20.8 Å². The molecule has 0 bridgehead atoms. The lowest BCUT2D eigenvalue weighted by Crippen LogP contribution is -2.49. The molecular weight excluding hydrogens is 382 g/mol. The topological polar surface area (TPSA) is 47.8 Å². The largest absolute Gasteiger partial charge is 0.297 e. The second-order valence-electron chi connectivity index (χ2n) is 11.7. The molecule has 4 fully saturated rings. The van der Waals surface area contributed by atoms with Gasteiger partial charge in [0.15, 0.2) is 5.78 Å². The molecule has 1 heterocycles. The molecule has 166 valence electrons. The van der Waals surface area contributed by atoms with E-state index >= 15 is 0 Å². The van der Waals surface area contributed by atoms with Gasteiger partial charge in [-0.1, -0.05) is 37.6 Å². The van der Waals surface area contributed by atoms with Gasteiger partial charge >= 0.3 is 0 Å². The minimum absolute atomic E-state index is 0.198. The molecule has 4 aliphatic rings. The van der Waals surface area contributed by atoms with E-state index in [0.717, 1.165) is 53.0 Å². The molecule has 0 aliphatic heterocycles. The van der Waals surface area contributed by atoms with Gasteiger partial charge in [-0.3, -0.25) is 4.79 Å². The maximum Gasteiger partial charge on any atom is 0.157 e. The molecule has 0 N–H and O–H groups in total. The number of aromatic nitrogens is 3. The summed E-state index contributed by atoms with van der Waals surface area (Å²) >= 11 is 0. The summed E-state index contributed by atoms with van der Waals surface area (Å²) in [5.41, 5.74) is 2.05. The van der Waals surface area contributed by atoms with Gasteiger partial charge < -0.3 is 0 Å². The van der Waals surface area contributed by atoms with Crippen LogP contribution in [0.15, 0.2) is 24.3 Å². The SMILES string of the molecule is CC1CCC2C(CCC3C2CCC2(C)C(C(=O)Cn4nnc5ccccc54)CCC32)C1. The van der Waals surface area contributed by atoms with Crippen molar-refractivity contribution in [3.05, 3.63) is 24.3 Å². The van der Waals surface area contributed by atoms with Crippen molar-refractivity contribution in [2.45, 2.75) is 78.2 Å². The van der Waals surface area contributed by atoms with Gasteiger partial charge in [0.1, 0.15) is 12.1 Å². The lowest BCUT2D eigenvalue weighted by atomic mass is 9.49. The van der Waals surface area contributed by atoms with Crippen molar-refractivity contribution in [3.8, 4) is 0 Å². The van der Waals surface area contributed by atoms with Crippen LogP contribution in [0.5, 0.6) is 0 Å². The summed E-state index contributed by atoms with van der Waals surface area (Å²) in [6.07, 6.45) is 12.2. The third-order valence-electron chi connectivity index (χ3n) is 10.3. The molecule has 2 aromatic rings. The molecule has 31 heavy (non-hydrogen) atoms. The highest BCUT2D eigenvalue weighted by atomic mass is 16.1. The summed E-state index contributed by atoms with van der Waals surface area (Å²) in [5, 5.41) is 8.55. The highest BCUT2D eigenvalue weighted by Crippen LogP contribution is 2.64. The first-order chi connectivity index (χ1) is 15.0. The zero-order valence-corrected chi connectivity index (χ0v) is 19.2. The number of carbonyl (C=O) groups is 1. The first kappa shape index (κ1) is 19.9. The molecule has 6 rings (SSSR count). The maximum atomic E-state index is 13.6. The number of benzene rings is 1. The molecule has 0 spiro atoms. The minimum Gasteiger partial charge on any atom is -0.297 e. The van der Waals surface area contributed by atoms with Gasteiger partial charge in [-0.05, 0) is 104 Å². The van der Waals surface area contributed by atoms with E-state index in [-0.39, 0.29) is 11.3 Å². The Hall–Kier alpha value is -1.71. The van der Waals surface area contributed by atoms with Gasteiger partial charge in [-0.15, -0.1) is 5.10 Å². The highest BCUT2D eigenvalue weighted by Gasteiger charge is 2.58. The molecule has 4 nitrogen and oxygen atoms in total. The van der Waals surface area contributed by atoms with Crippen LogP contribution in [0, 0.1) is 46.8 Å². The zero-order valence-electron chi connectivity index (χ0n) is 19.2. The lowest BCUT2D eigenvalue weighted by molar-refractivity contribution is -0.131. The Kier molecular flexibility index (Phi) is 4.77. The molecule has 8 atom stereocenters. The Labute approximate surface area is 186 Å². The normalized spacial score (nSPS) is 42.1. The van der Waals surface area contributed by atoms with Crippen molar-refractivity contribution >= 4 is 16.8 Å². The Morgan fingerprint density at radius 2 is 1.87 bits per heavy atom.